The molecule has 1 aromatic carbocycles. The van der Waals surface area contributed by atoms with Crippen molar-refractivity contribution in [2.45, 2.75) is 19.4 Å². The summed E-state index contributed by atoms with van der Waals surface area (Å²) in [6.07, 6.45) is 0.0735. The third kappa shape index (κ3) is 2.41. The van der Waals surface area contributed by atoms with Crippen molar-refractivity contribution in [3.05, 3.63) is 29.3 Å². The van der Waals surface area contributed by atoms with Crippen molar-refractivity contribution in [2.75, 3.05) is 11.6 Å². The van der Waals surface area contributed by atoms with Gasteiger partial charge >= 0.3 is 5.97 Å². The van der Waals surface area contributed by atoms with Gasteiger partial charge in [0.1, 0.15) is 0 Å². The molecule has 1 N–H and O–H groups in total. The van der Waals surface area contributed by atoms with Crippen LogP contribution in [0.5, 0.6) is 0 Å². The molecule has 0 radical (unpaired) electrons. The van der Waals surface area contributed by atoms with E-state index in [2.05, 4.69) is 5.43 Å². The summed E-state index contributed by atoms with van der Waals surface area (Å²) in [5, 5.41) is 1.93. The van der Waals surface area contributed by atoms with E-state index in [9.17, 15) is 9.59 Å². The number of esters is 1. The molecule has 18 heavy (non-hydrogen) atoms. The zero-order chi connectivity index (χ0) is 13.1. The van der Waals surface area contributed by atoms with Gasteiger partial charge in [-0.25, -0.2) is 4.79 Å². The Morgan fingerprint density at radius 2 is 2.28 bits per heavy atom. The van der Waals surface area contributed by atoms with Crippen LogP contribution in [0.4, 0.5) is 5.69 Å². The fourth-order valence-electron chi connectivity index (χ4n) is 1.83. The molecule has 6 heteroatoms. The van der Waals surface area contributed by atoms with Crippen LogP contribution in [-0.2, 0) is 14.3 Å². The first-order valence-corrected chi connectivity index (χ1v) is 6.01. The molecule has 0 aromatic heterocycles. The fourth-order valence-corrected chi connectivity index (χ4v) is 2.05. The second-order valence-electron chi connectivity index (χ2n) is 3.83. The lowest BCUT2D eigenvalue weighted by Gasteiger charge is -2.24. The third-order valence-electron chi connectivity index (χ3n) is 2.61. The molecule has 96 valence electrons. The second kappa shape index (κ2) is 5.27. The van der Waals surface area contributed by atoms with Crippen LogP contribution in [0.15, 0.2) is 24.3 Å². The smallest absolute Gasteiger partial charge is 0.331 e. The normalized spacial score (nSPS) is 18.7. The van der Waals surface area contributed by atoms with Crippen LogP contribution in [0.25, 0.3) is 0 Å². The standard InChI is InChI=1S/C12H13ClN2O3/c1-2-18-12(17)10-7-11(16)14-15(10)9-6-4-3-5-8(9)13/h3-6,10H,2,7H2,1H3,(H,14,16). The summed E-state index contributed by atoms with van der Waals surface area (Å²) in [4.78, 5) is 23.2. The molecule has 1 saturated heterocycles. The highest BCUT2D eigenvalue weighted by atomic mass is 35.5. The van der Waals surface area contributed by atoms with E-state index in [-0.39, 0.29) is 18.9 Å². The molecule has 0 saturated carbocycles. The molecule has 1 unspecified atom stereocenters. The maximum Gasteiger partial charge on any atom is 0.331 e. The van der Waals surface area contributed by atoms with Crippen LogP contribution in [0.1, 0.15) is 13.3 Å². The Morgan fingerprint density at radius 3 is 2.94 bits per heavy atom. The van der Waals surface area contributed by atoms with Crippen LogP contribution >= 0.6 is 11.6 Å². The first kappa shape index (κ1) is 12.7. The predicted molar refractivity (Wildman–Crippen MR) is 67.1 cm³/mol. The number of benzene rings is 1. The molecule has 1 aliphatic rings. The number of carbonyl (C=O) groups excluding carboxylic acids is 2. The monoisotopic (exact) mass is 268 g/mol. The summed E-state index contributed by atoms with van der Waals surface area (Å²) in [5.74, 6) is -0.663. The van der Waals surface area contributed by atoms with Crippen molar-refractivity contribution in [3.63, 3.8) is 0 Å². The van der Waals surface area contributed by atoms with E-state index in [1.165, 1.54) is 5.01 Å². The quantitative estimate of drug-likeness (QED) is 0.845. The number of para-hydroxylation sites is 1. The first-order valence-electron chi connectivity index (χ1n) is 5.63. The molecule has 1 fully saturated rings. The van der Waals surface area contributed by atoms with Gasteiger partial charge in [0.05, 0.1) is 23.7 Å². The molecule has 0 aliphatic carbocycles. The largest absolute Gasteiger partial charge is 0.464 e. The average Bonchev–Trinajstić information content (AvgIpc) is 2.72. The number of amides is 1. The summed E-state index contributed by atoms with van der Waals surface area (Å²) in [6.45, 7) is 2.00. The van der Waals surface area contributed by atoms with E-state index in [0.717, 1.165) is 0 Å². The number of halogens is 1. The van der Waals surface area contributed by atoms with Crippen LogP contribution in [0, 0.1) is 0 Å². The molecule has 1 heterocycles. The number of ether oxygens (including phenoxy) is 1. The summed E-state index contributed by atoms with van der Waals surface area (Å²) in [7, 11) is 0. The number of rotatable bonds is 3. The van der Waals surface area contributed by atoms with E-state index in [4.69, 9.17) is 16.3 Å². The van der Waals surface area contributed by atoms with Crippen molar-refractivity contribution in [2.24, 2.45) is 0 Å². The SMILES string of the molecule is CCOC(=O)C1CC(=O)NN1c1ccccc1Cl. The van der Waals surface area contributed by atoms with Crippen molar-refractivity contribution in [1.29, 1.82) is 0 Å². The van der Waals surface area contributed by atoms with Gasteiger partial charge in [-0.15, -0.1) is 0 Å². The van der Waals surface area contributed by atoms with E-state index in [1.807, 2.05) is 0 Å². The number of nitrogens with zero attached hydrogens (tertiary/aromatic N) is 1. The molecule has 1 aromatic rings. The zero-order valence-corrected chi connectivity index (χ0v) is 10.6. The van der Waals surface area contributed by atoms with Crippen molar-refractivity contribution >= 4 is 29.2 Å². The van der Waals surface area contributed by atoms with Crippen molar-refractivity contribution < 1.29 is 14.3 Å². The van der Waals surface area contributed by atoms with Gasteiger partial charge in [-0.3, -0.25) is 15.2 Å². The minimum atomic E-state index is -0.669. The Labute approximate surface area is 110 Å². The minimum absolute atomic E-state index is 0.0735. The summed E-state index contributed by atoms with van der Waals surface area (Å²) in [5.41, 5.74) is 3.20. The Kier molecular flexibility index (Phi) is 3.72. The molecule has 1 aliphatic heterocycles. The van der Waals surface area contributed by atoms with E-state index in [1.54, 1.807) is 31.2 Å². The van der Waals surface area contributed by atoms with Crippen LogP contribution in [0.3, 0.4) is 0 Å². The van der Waals surface area contributed by atoms with Crippen LogP contribution in [0.2, 0.25) is 5.02 Å². The molecule has 0 spiro atoms. The second-order valence-corrected chi connectivity index (χ2v) is 4.24. The third-order valence-corrected chi connectivity index (χ3v) is 2.93. The Bertz CT molecular complexity index is 478. The lowest BCUT2D eigenvalue weighted by atomic mass is 10.2. The molecule has 1 atom stereocenters. The summed E-state index contributed by atoms with van der Waals surface area (Å²) < 4.78 is 4.95. The Hall–Kier alpha value is -1.75. The maximum atomic E-state index is 11.8. The van der Waals surface area contributed by atoms with Gasteiger partial charge in [-0.2, -0.15) is 0 Å². The minimum Gasteiger partial charge on any atom is -0.464 e. The van der Waals surface area contributed by atoms with Crippen LogP contribution in [-0.4, -0.2) is 24.5 Å². The summed E-state index contributed by atoms with van der Waals surface area (Å²) >= 11 is 6.05. The lowest BCUT2D eigenvalue weighted by molar-refractivity contribution is -0.144. The van der Waals surface area contributed by atoms with Gasteiger partial charge in [0.2, 0.25) is 5.91 Å². The highest BCUT2D eigenvalue weighted by molar-refractivity contribution is 6.33. The van der Waals surface area contributed by atoms with E-state index in [0.29, 0.717) is 10.7 Å². The van der Waals surface area contributed by atoms with E-state index >= 15 is 0 Å². The Balaban J connectivity index is 2.28. The van der Waals surface area contributed by atoms with Gasteiger partial charge in [-0.1, -0.05) is 23.7 Å². The van der Waals surface area contributed by atoms with Gasteiger partial charge in [-0.05, 0) is 19.1 Å². The fraction of sp³-hybridized carbons (Fsp3) is 0.333. The maximum absolute atomic E-state index is 11.8. The van der Waals surface area contributed by atoms with Gasteiger partial charge in [0.15, 0.2) is 6.04 Å². The molecular formula is C12H13ClN2O3. The average molecular weight is 269 g/mol. The van der Waals surface area contributed by atoms with Crippen molar-refractivity contribution in [3.8, 4) is 0 Å². The van der Waals surface area contributed by atoms with E-state index < -0.39 is 12.0 Å². The van der Waals surface area contributed by atoms with Gasteiger partial charge < -0.3 is 4.74 Å². The molecule has 0 bridgehead atoms. The predicted octanol–water partition coefficient (Wildman–Crippen LogP) is 1.51. The molecule has 1 amide bonds. The highest BCUT2D eigenvalue weighted by Gasteiger charge is 2.37. The number of hydrazine groups is 1. The number of carbonyl (C=O) groups is 2. The Morgan fingerprint density at radius 1 is 1.56 bits per heavy atom. The topological polar surface area (TPSA) is 58.6 Å². The summed E-state index contributed by atoms with van der Waals surface area (Å²) in [6, 6.07) is 6.33. The van der Waals surface area contributed by atoms with Crippen LogP contribution < -0.4 is 10.4 Å². The number of hydrogen-bond acceptors (Lipinski definition) is 4. The number of nitrogens with one attached hydrogen (secondary N) is 1. The molecule has 5 nitrogen and oxygen atoms in total. The zero-order valence-electron chi connectivity index (χ0n) is 9.85. The number of hydrogen-bond donors (Lipinski definition) is 1. The van der Waals surface area contributed by atoms with Crippen molar-refractivity contribution in [1.82, 2.24) is 5.43 Å². The van der Waals surface area contributed by atoms with Gasteiger partial charge in [0.25, 0.3) is 0 Å². The number of anilines is 1. The molecule has 2 rings (SSSR count). The molecular weight excluding hydrogens is 256 g/mol. The first-order chi connectivity index (χ1) is 8.63. The highest BCUT2D eigenvalue weighted by Crippen LogP contribution is 2.28. The van der Waals surface area contributed by atoms with Gasteiger partial charge in [0, 0.05) is 0 Å². The lowest BCUT2D eigenvalue weighted by Crippen LogP contribution is -2.43.